The van der Waals surface area contributed by atoms with Gasteiger partial charge in [0.25, 0.3) is 0 Å². The Morgan fingerprint density at radius 2 is 2.00 bits per heavy atom. The molecule has 2 N–H and O–H groups in total. The molecule has 0 aromatic carbocycles. The lowest BCUT2D eigenvalue weighted by Crippen LogP contribution is -2.34. The number of amides is 1. The van der Waals surface area contributed by atoms with Crippen LogP contribution in [0.3, 0.4) is 0 Å². The zero-order chi connectivity index (χ0) is 13.5. The van der Waals surface area contributed by atoms with Crippen molar-refractivity contribution in [2.75, 3.05) is 26.7 Å². The van der Waals surface area contributed by atoms with Crippen molar-refractivity contribution in [3.05, 3.63) is 0 Å². The lowest BCUT2D eigenvalue weighted by atomic mass is 9.94. The van der Waals surface area contributed by atoms with Gasteiger partial charge in [-0.25, -0.2) is 0 Å². The fourth-order valence-electron chi connectivity index (χ4n) is 2.28. The molecule has 104 valence electrons. The number of hydrogen-bond acceptors (Lipinski definition) is 3. The predicted molar refractivity (Wildman–Crippen MR) is 69.3 cm³/mol. The average molecular weight is 256 g/mol. The van der Waals surface area contributed by atoms with E-state index in [1.54, 1.807) is 6.92 Å². The Bertz CT molecular complexity index is 286. The first-order valence-corrected chi connectivity index (χ1v) is 6.67. The molecule has 1 amide bonds. The van der Waals surface area contributed by atoms with E-state index in [-0.39, 0.29) is 12.3 Å². The van der Waals surface area contributed by atoms with Crippen LogP contribution in [0.15, 0.2) is 0 Å². The van der Waals surface area contributed by atoms with E-state index in [0.717, 1.165) is 19.5 Å². The fraction of sp³-hybridized carbons (Fsp3) is 0.846. The van der Waals surface area contributed by atoms with Crippen LogP contribution in [0.2, 0.25) is 0 Å². The number of carbonyl (C=O) groups is 2. The number of carbonyl (C=O) groups excluding carboxylic acids is 1. The van der Waals surface area contributed by atoms with Gasteiger partial charge < -0.3 is 15.3 Å². The third-order valence-electron chi connectivity index (χ3n) is 3.62. The number of piperidine rings is 1. The first-order chi connectivity index (χ1) is 8.49. The van der Waals surface area contributed by atoms with Gasteiger partial charge in [0.05, 0.1) is 6.42 Å². The molecular weight excluding hydrogens is 232 g/mol. The molecule has 0 aromatic rings. The molecule has 1 aliphatic rings. The largest absolute Gasteiger partial charge is 0.481 e. The molecule has 1 heterocycles. The monoisotopic (exact) mass is 256 g/mol. The molecular formula is C13H24N2O3. The quantitative estimate of drug-likeness (QED) is 0.742. The Morgan fingerprint density at radius 1 is 1.39 bits per heavy atom. The van der Waals surface area contributed by atoms with E-state index in [0.29, 0.717) is 12.5 Å². The van der Waals surface area contributed by atoms with E-state index in [4.69, 9.17) is 5.11 Å². The minimum Gasteiger partial charge on any atom is -0.481 e. The summed E-state index contributed by atoms with van der Waals surface area (Å²) in [6.45, 7) is 4.58. The summed E-state index contributed by atoms with van der Waals surface area (Å²) in [4.78, 5) is 24.4. The number of nitrogens with one attached hydrogen (secondary N) is 1. The third kappa shape index (κ3) is 5.49. The van der Waals surface area contributed by atoms with Crippen LogP contribution in [0.25, 0.3) is 0 Å². The normalized spacial score (nSPS) is 19.4. The lowest BCUT2D eigenvalue weighted by molar-refractivity contribution is -0.140. The van der Waals surface area contributed by atoms with Crippen LogP contribution in [0.5, 0.6) is 0 Å². The first-order valence-electron chi connectivity index (χ1n) is 6.67. The second kappa shape index (κ2) is 7.36. The summed E-state index contributed by atoms with van der Waals surface area (Å²) in [5, 5.41) is 11.4. The van der Waals surface area contributed by atoms with E-state index in [1.165, 1.54) is 12.8 Å². The summed E-state index contributed by atoms with van der Waals surface area (Å²) in [5.41, 5.74) is 0. The zero-order valence-electron chi connectivity index (χ0n) is 11.3. The Kier molecular flexibility index (Phi) is 6.12. The van der Waals surface area contributed by atoms with E-state index >= 15 is 0 Å². The van der Waals surface area contributed by atoms with E-state index in [1.807, 2.05) is 0 Å². The van der Waals surface area contributed by atoms with Crippen LogP contribution in [-0.4, -0.2) is 48.6 Å². The molecule has 5 heteroatoms. The van der Waals surface area contributed by atoms with E-state index in [9.17, 15) is 9.59 Å². The van der Waals surface area contributed by atoms with Gasteiger partial charge in [-0.15, -0.1) is 0 Å². The van der Waals surface area contributed by atoms with Gasteiger partial charge in [-0.3, -0.25) is 9.59 Å². The van der Waals surface area contributed by atoms with Gasteiger partial charge in [-0.1, -0.05) is 6.92 Å². The molecule has 5 nitrogen and oxygen atoms in total. The highest BCUT2D eigenvalue weighted by Crippen LogP contribution is 2.18. The number of aliphatic carboxylic acids is 1. The molecule has 0 saturated carbocycles. The highest BCUT2D eigenvalue weighted by atomic mass is 16.4. The highest BCUT2D eigenvalue weighted by Gasteiger charge is 2.18. The van der Waals surface area contributed by atoms with Crippen molar-refractivity contribution in [2.24, 2.45) is 11.8 Å². The summed E-state index contributed by atoms with van der Waals surface area (Å²) >= 11 is 0. The molecule has 1 fully saturated rings. The first kappa shape index (κ1) is 15.0. The van der Waals surface area contributed by atoms with Gasteiger partial charge in [0, 0.05) is 12.5 Å². The van der Waals surface area contributed by atoms with Gasteiger partial charge in [-0.2, -0.15) is 0 Å². The van der Waals surface area contributed by atoms with Crippen LogP contribution in [0, 0.1) is 11.8 Å². The maximum atomic E-state index is 11.6. The van der Waals surface area contributed by atoms with Crippen LogP contribution < -0.4 is 5.32 Å². The molecule has 0 aliphatic carbocycles. The maximum Gasteiger partial charge on any atom is 0.304 e. The van der Waals surface area contributed by atoms with Crippen molar-refractivity contribution in [3.63, 3.8) is 0 Å². The number of hydrogen-bond donors (Lipinski definition) is 2. The molecule has 0 spiro atoms. The van der Waals surface area contributed by atoms with Gasteiger partial charge in [0.15, 0.2) is 0 Å². The van der Waals surface area contributed by atoms with Gasteiger partial charge >= 0.3 is 5.97 Å². The minimum atomic E-state index is -0.923. The molecule has 0 bridgehead atoms. The number of carboxylic acid groups (broad SMARTS) is 1. The predicted octanol–water partition coefficient (Wildman–Crippen LogP) is 0.945. The summed E-state index contributed by atoms with van der Waals surface area (Å²) in [5.74, 6) is -0.824. The highest BCUT2D eigenvalue weighted by molar-refractivity contribution is 5.82. The van der Waals surface area contributed by atoms with Crippen LogP contribution in [0.4, 0.5) is 0 Å². The van der Waals surface area contributed by atoms with Crippen LogP contribution >= 0.6 is 0 Å². The topological polar surface area (TPSA) is 69.6 Å². The Morgan fingerprint density at radius 3 is 2.56 bits per heavy atom. The Hall–Kier alpha value is -1.10. The van der Waals surface area contributed by atoms with Crippen molar-refractivity contribution < 1.29 is 14.7 Å². The summed E-state index contributed by atoms with van der Waals surface area (Å²) in [6.07, 6.45) is 3.29. The van der Waals surface area contributed by atoms with Crippen LogP contribution in [-0.2, 0) is 9.59 Å². The zero-order valence-corrected chi connectivity index (χ0v) is 11.3. The van der Waals surface area contributed by atoms with E-state index < -0.39 is 11.9 Å². The number of rotatable bonds is 6. The summed E-state index contributed by atoms with van der Waals surface area (Å²) in [7, 11) is 2.13. The SMILES string of the molecule is CC(CC(=O)O)C(=O)NCCC1CCN(C)CC1. The molecule has 1 saturated heterocycles. The standard InChI is InChI=1S/C13H24N2O3/c1-10(9-12(16)17)13(18)14-6-3-11-4-7-15(2)8-5-11/h10-11H,3-9H2,1-2H3,(H,14,18)(H,16,17). The summed E-state index contributed by atoms with van der Waals surface area (Å²) in [6, 6.07) is 0. The number of carboxylic acids is 1. The van der Waals surface area contributed by atoms with Crippen molar-refractivity contribution in [3.8, 4) is 0 Å². The van der Waals surface area contributed by atoms with Crippen LogP contribution in [0.1, 0.15) is 32.6 Å². The van der Waals surface area contributed by atoms with Crippen molar-refractivity contribution in [1.29, 1.82) is 0 Å². The molecule has 1 atom stereocenters. The molecule has 1 rings (SSSR count). The van der Waals surface area contributed by atoms with Gasteiger partial charge in [0.1, 0.15) is 0 Å². The smallest absolute Gasteiger partial charge is 0.304 e. The Labute approximate surface area is 109 Å². The second-order valence-corrected chi connectivity index (χ2v) is 5.33. The fourth-order valence-corrected chi connectivity index (χ4v) is 2.28. The lowest BCUT2D eigenvalue weighted by Gasteiger charge is -2.28. The van der Waals surface area contributed by atoms with Crippen molar-refractivity contribution >= 4 is 11.9 Å². The van der Waals surface area contributed by atoms with Gasteiger partial charge in [0.2, 0.25) is 5.91 Å². The molecule has 1 unspecified atom stereocenters. The Balaban J connectivity index is 2.13. The number of nitrogens with zero attached hydrogens (tertiary/aromatic N) is 1. The summed E-state index contributed by atoms with van der Waals surface area (Å²) < 4.78 is 0. The molecule has 1 aliphatic heterocycles. The minimum absolute atomic E-state index is 0.0972. The van der Waals surface area contributed by atoms with E-state index in [2.05, 4.69) is 17.3 Å². The second-order valence-electron chi connectivity index (χ2n) is 5.33. The number of likely N-dealkylation sites (tertiary alicyclic amines) is 1. The molecule has 0 radical (unpaired) electrons. The third-order valence-corrected chi connectivity index (χ3v) is 3.62. The van der Waals surface area contributed by atoms with Crippen molar-refractivity contribution in [1.82, 2.24) is 10.2 Å². The molecule has 18 heavy (non-hydrogen) atoms. The maximum absolute atomic E-state index is 11.6. The average Bonchev–Trinajstić information content (AvgIpc) is 2.30. The van der Waals surface area contributed by atoms with Crippen molar-refractivity contribution in [2.45, 2.75) is 32.6 Å². The van der Waals surface area contributed by atoms with Gasteiger partial charge in [-0.05, 0) is 45.3 Å². The molecule has 0 aromatic heterocycles.